The summed E-state index contributed by atoms with van der Waals surface area (Å²) in [5, 5.41) is 3.97. The van der Waals surface area contributed by atoms with Gasteiger partial charge in [-0.25, -0.2) is 0 Å². The number of para-hydroxylation sites is 1. The van der Waals surface area contributed by atoms with Crippen LogP contribution in [-0.2, 0) is 22.3 Å². The Hall–Kier alpha value is -3.78. The molecule has 0 spiro atoms. The lowest BCUT2D eigenvalue weighted by Crippen LogP contribution is -2.40. The van der Waals surface area contributed by atoms with Gasteiger partial charge in [-0.1, -0.05) is 42.5 Å². The second kappa shape index (κ2) is 11.4. The second-order valence-electron chi connectivity index (χ2n) is 10.6. The molecule has 5 rings (SSSR count). The third-order valence-electron chi connectivity index (χ3n) is 7.70. The number of hydrogen-bond donors (Lipinski definition) is 1. The van der Waals surface area contributed by atoms with Gasteiger partial charge in [0, 0.05) is 49.1 Å². The van der Waals surface area contributed by atoms with Gasteiger partial charge in [-0.2, -0.15) is 13.2 Å². The molecule has 2 unspecified atom stereocenters. The van der Waals surface area contributed by atoms with Crippen LogP contribution in [0.1, 0.15) is 54.4 Å². The molecule has 2 atom stereocenters. The zero-order valence-corrected chi connectivity index (χ0v) is 22.6. The van der Waals surface area contributed by atoms with Crippen LogP contribution in [-0.4, -0.2) is 36.3 Å². The highest BCUT2D eigenvalue weighted by molar-refractivity contribution is 5.87. The summed E-state index contributed by atoms with van der Waals surface area (Å²) in [5.74, 6) is 0.155. The Morgan fingerprint density at radius 2 is 1.80 bits per heavy atom. The van der Waals surface area contributed by atoms with Crippen LogP contribution in [0.4, 0.5) is 13.2 Å². The Kier molecular flexibility index (Phi) is 7.90. The zero-order valence-electron chi connectivity index (χ0n) is 22.6. The fourth-order valence-corrected chi connectivity index (χ4v) is 5.44. The Bertz CT molecular complexity index is 1450. The molecule has 0 bridgehead atoms. The molecular weight excluding hydrogens is 517 g/mol. The number of alkyl halides is 3. The van der Waals surface area contributed by atoms with E-state index in [4.69, 9.17) is 9.47 Å². The number of carbonyl (C=O) groups excluding carboxylic acids is 1. The van der Waals surface area contributed by atoms with E-state index in [1.165, 1.54) is 12.1 Å². The van der Waals surface area contributed by atoms with Gasteiger partial charge in [0.05, 0.1) is 18.3 Å². The van der Waals surface area contributed by atoms with Gasteiger partial charge in [-0.3, -0.25) is 4.79 Å². The molecule has 4 aromatic rings. The molecule has 8 heteroatoms. The number of ether oxygens (including phenoxy) is 2. The Morgan fingerprint density at radius 3 is 2.45 bits per heavy atom. The summed E-state index contributed by atoms with van der Waals surface area (Å²) in [4.78, 5) is 13.3. The first kappa shape index (κ1) is 27.8. The summed E-state index contributed by atoms with van der Waals surface area (Å²) < 4.78 is 53.2. The topological polar surface area (TPSA) is 52.5 Å². The van der Waals surface area contributed by atoms with E-state index in [1.54, 1.807) is 7.11 Å². The van der Waals surface area contributed by atoms with Crippen molar-refractivity contribution in [2.24, 2.45) is 0 Å². The van der Waals surface area contributed by atoms with E-state index >= 15 is 0 Å². The average molecular weight is 551 g/mol. The van der Waals surface area contributed by atoms with E-state index in [-0.39, 0.29) is 12.3 Å². The van der Waals surface area contributed by atoms with Crippen molar-refractivity contribution in [1.82, 2.24) is 9.88 Å². The fraction of sp³-hybridized carbons (Fsp3) is 0.344. The van der Waals surface area contributed by atoms with Crippen molar-refractivity contribution in [3.8, 4) is 5.75 Å². The maximum atomic E-state index is 13.3. The molecule has 5 nitrogen and oxygen atoms in total. The lowest BCUT2D eigenvalue weighted by molar-refractivity contribution is -0.137. The highest BCUT2D eigenvalue weighted by atomic mass is 19.4. The smallest absolute Gasteiger partial charge is 0.416 e. The van der Waals surface area contributed by atoms with Crippen molar-refractivity contribution in [2.45, 2.75) is 50.4 Å². The van der Waals surface area contributed by atoms with Crippen LogP contribution in [0, 0.1) is 0 Å². The fourth-order valence-electron chi connectivity index (χ4n) is 5.44. The number of nitrogens with one attached hydrogen (secondary N) is 1. The van der Waals surface area contributed by atoms with E-state index in [9.17, 15) is 18.0 Å². The molecule has 1 aromatic heterocycles. The minimum absolute atomic E-state index is 0.0952. The number of rotatable bonds is 9. The van der Waals surface area contributed by atoms with Crippen LogP contribution in [0.15, 0.2) is 79.0 Å². The van der Waals surface area contributed by atoms with Gasteiger partial charge in [-0.05, 0) is 66.8 Å². The van der Waals surface area contributed by atoms with Gasteiger partial charge in [0.1, 0.15) is 5.75 Å². The van der Waals surface area contributed by atoms with Crippen molar-refractivity contribution in [2.75, 3.05) is 20.3 Å². The van der Waals surface area contributed by atoms with Crippen LogP contribution in [0.3, 0.4) is 0 Å². The highest BCUT2D eigenvalue weighted by Gasteiger charge is 2.32. The maximum Gasteiger partial charge on any atom is 0.416 e. The standard InChI is InChI=1S/C32H33F3N2O3/c1-31(16-5-17-40-31)21-36-30(38)18-27(23-10-12-24(13-11-23)32(33,34)35)28-20-37(29-7-4-3-6-26(28)29)19-22-8-14-25(39-2)15-9-22/h3-4,6-15,20,27H,5,16-19,21H2,1-2H3,(H,36,38). The first-order valence-electron chi connectivity index (χ1n) is 13.4. The van der Waals surface area contributed by atoms with Gasteiger partial charge >= 0.3 is 6.18 Å². The first-order chi connectivity index (χ1) is 19.1. The third kappa shape index (κ3) is 6.17. The minimum atomic E-state index is -4.43. The molecule has 1 amide bonds. The molecule has 0 radical (unpaired) electrons. The Balaban J connectivity index is 1.49. The monoisotopic (exact) mass is 550 g/mol. The highest BCUT2D eigenvalue weighted by Crippen LogP contribution is 2.37. The van der Waals surface area contributed by atoms with Crippen LogP contribution in [0.2, 0.25) is 0 Å². The van der Waals surface area contributed by atoms with Crippen molar-refractivity contribution >= 4 is 16.8 Å². The van der Waals surface area contributed by atoms with Crippen LogP contribution >= 0.6 is 0 Å². The largest absolute Gasteiger partial charge is 0.497 e. The molecule has 1 N–H and O–H groups in total. The molecule has 1 fully saturated rings. The minimum Gasteiger partial charge on any atom is -0.497 e. The summed E-state index contributed by atoms with van der Waals surface area (Å²) in [6.07, 6.45) is -0.497. The van der Waals surface area contributed by atoms with Crippen molar-refractivity contribution in [3.05, 3.63) is 101 Å². The predicted octanol–water partition coefficient (Wildman–Crippen LogP) is 6.92. The van der Waals surface area contributed by atoms with E-state index in [0.717, 1.165) is 52.8 Å². The number of nitrogens with zero attached hydrogens (tertiary/aromatic N) is 1. The number of fused-ring (bicyclic) bond motifs is 1. The maximum absolute atomic E-state index is 13.3. The SMILES string of the molecule is COc1ccc(Cn2cc(C(CC(=O)NCC3(C)CCCO3)c3ccc(C(F)(F)F)cc3)c3ccccc32)cc1. The lowest BCUT2D eigenvalue weighted by Gasteiger charge is -2.24. The van der Waals surface area contributed by atoms with Gasteiger partial charge in [0.2, 0.25) is 5.91 Å². The number of benzene rings is 3. The summed E-state index contributed by atoms with van der Waals surface area (Å²) in [5.41, 5.74) is 2.49. The van der Waals surface area contributed by atoms with Crippen molar-refractivity contribution in [1.29, 1.82) is 0 Å². The zero-order chi connectivity index (χ0) is 28.3. The molecule has 1 aliphatic heterocycles. The van der Waals surface area contributed by atoms with Gasteiger partial charge in [0.25, 0.3) is 0 Å². The Morgan fingerprint density at radius 1 is 1.07 bits per heavy atom. The van der Waals surface area contributed by atoms with Gasteiger partial charge in [-0.15, -0.1) is 0 Å². The second-order valence-corrected chi connectivity index (χ2v) is 10.6. The van der Waals surface area contributed by atoms with Crippen LogP contribution in [0.5, 0.6) is 5.75 Å². The van der Waals surface area contributed by atoms with E-state index in [1.807, 2.05) is 61.7 Å². The van der Waals surface area contributed by atoms with E-state index in [0.29, 0.717) is 25.3 Å². The third-order valence-corrected chi connectivity index (χ3v) is 7.70. The molecule has 1 aliphatic rings. The van der Waals surface area contributed by atoms with Gasteiger partial charge in [0.15, 0.2) is 0 Å². The number of methoxy groups -OCH3 is 1. The van der Waals surface area contributed by atoms with Crippen molar-refractivity contribution in [3.63, 3.8) is 0 Å². The summed E-state index contributed by atoms with van der Waals surface area (Å²) in [6, 6.07) is 20.9. The molecule has 1 saturated heterocycles. The molecule has 0 aliphatic carbocycles. The molecular formula is C32H33F3N2O3. The molecule has 2 heterocycles. The lowest BCUT2D eigenvalue weighted by atomic mass is 9.87. The molecule has 40 heavy (non-hydrogen) atoms. The summed E-state index contributed by atoms with van der Waals surface area (Å²) >= 11 is 0. The quantitative estimate of drug-likeness (QED) is 0.246. The molecule has 210 valence electrons. The van der Waals surface area contributed by atoms with E-state index in [2.05, 4.69) is 9.88 Å². The molecule has 0 saturated carbocycles. The van der Waals surface area contributed by atoms with Gasteiger partial charge < -0.3 is 19.4 Å². The van der Waals surface area contributed by atoms with Crippen molar-refractivity contribution < 1.29 is 27.4 Å². The Labute approximate surface area is 231 Å². The number of hydrogen-bond acceptors (Lipinski definition) is 3. The van der Waals surface area contributed by atoms with Crippen LogP contribution in [0.25, 0.3) is 10.9 Å². The summed E-state index contributed by atoms with van der Waals surface area (Å²) in [7, 11) is 1.62. The molecule has 3 aromatic carbocycles. The normalized spacial score (nSPS) is 18.1. The number of amides is 1. The average Bonchev–Trinajstić information content (AvgIpc) is 3.55. The first-order valence-corrected chi connectivity index (χ1v) is 13.4. The number of halogens is 3. The number of aromatic nitrogens is 1. The number of carbonyl (C=O) groups is 1. The predicted molar refractivity (Wildman–Crippen MR) is 149 cm³/mol. The summed E-state index contributed by atoms with van der Waals surface area (Å²) in [6.45, 7) is 3.64. The van der Waals surface area contributed by atoms with E-state index < -0.39 is 23.3 Å². The van der Waals surface area contributed by atoms with Crippen LogP contribution < -0.4 is 10.1 Å².